The summed E-state index contributed by atoms with van der Waals surface area (Å²) in [5, 5.41) is 0. The van der Waals surface area contributed by atoms with Crippen LogP contribution in [-0.4, -0.2) is 6.29 Å². The maximum absolute atomic E-state index is 10.9. The van der Waals surface area contributed by atoms with E-state index in [1.165, 1.54) is 0 Å². The average Bonchev–Trinajstić information content (AvgIpc) is 2.73. The number of hydrogen-bond acceptors (Lipinski definition) is 3. The molecule has 0 fully saturated rings. The second-order valence-electron chi connectivity index (χ2n) is 3.29. The Labute approximate surface area is 120 Å². The minimum absolute atomic E-state index is 0.471. The van der Waals surface area contributed by atoms with Crippen LogP contribution in [0.4, 0.5) is 0 Å². The number of aldehydes is 1. The maximum Gasteiger partial charge on any atom is 0.153 e. The van der Waals surface area contributed by atoms with Gasteiger partial charge in [0.1, 0.15) is 12.4 Å². The van der Waals surface area contributed by atoms with Crippen molar-refractivity contribution in [2.24, 2.45) is 0 Å². The molecule has 2 rings (SSSR count). The number of benzene rings is 1. The van der Waals surface area contributed by atoms with Crippen molar-refractivity contribution in [1.82, 2.24) is 0 Å². The lowest BCUT2D eigenvalue weighted by Gasteiger charge is -2.07. The van der Waals surface area contributed by atoms with Gasteiger partial charge in [-0.15, -0.1) is 11.3 Å². The first-order valence-corrected chi connectivity index (χ1v) is 7.21. The SMILES string of the molecule is O=Cc1cc(Br)ccc1OCc1ccc(Br)s1. The van der Waals surface area contributed by atoms with Crippen LogP contribution in [0.5, 0.6) is 5.75 Å². The molecule has 2 aromatic rings. The van der Waals surface area contributed by atoms with E-state index in [0.717, 1.165) is 19.4 Å². The number of rotatable bonds is 4. The highest BCUT2D eigenvalue weighted by Crippen LogP contribution is 2.26. The molecule has 1 aromatic carbocycles. The fourth-order valence-corrected chi connectivity index (χ4v) is 3.10. The third-order valence-electron chi connectivity index (χ3n) is 2.10. The molecule has 1 aromatic heterocycles. The van der Waals surface area contributed by atoms with Crippen molar-refractivity contribution < 1.29 is 9.53 Å². The summed E-state index contributed by atoms with van der Waals surface area (Å²) >= 11 is 8.33. The molecule has 5 heteroatoms. The Bertz CT molecular complexity index is 537. The van der Waals surface area contributed by atoms with Crippen molar-refractivity contribution in [1.29, 1.82) is 0 Å². The van der Waals surface area contributed by atoms with Crippen molar-refractivity contribution in [2.45, 2.75) is 6.61 Å². The largest absolute Gasteiger partial charge is 0.487 e. The van der Waals surface area contributed by atoms with E-state index in [2.05, 4.69) is 31.9 Å². The predicted octanol–water partition coefficient (Wildman–Crippen LogP) is 4.66. The van der Waals surface area contributed by atoms with E-state index in [1.54, 1.807) is 23.5 Å². The molecular weight excluding hydrogens is 368 g/mol. The van der Waals surface area contributed by atoms with Gasteiger partial charge in [0.25, 0.3) is 0 Å². The summed E-state index contributed by atoms with van der Waals surface area (Å²) in [5.74, 6) is 0.604. The second-order valence-corrected chi connectivity index (χ2v) is 6.76. The third-order valence-corrected chi connectivity index (χ3v) is 4.19. The van der Waals surface area contributed by atoms with Crippen LogP contribution in [0.1, 0.15) is 15.2 Å². The Morgan fingerprint density at radius 2 is 2.06 bits per heavy atom. The molecule has 0 aliphatic carbocycles. The Balaban J connectivity index is 2.11. The summed E-state index contributed by atoms with van der Waals surface area (Å²) in [4.78, 5) is 12.0. The number of hydrogen-bond donors (Lipinski definition) is 0. The standard InChI is InChI=1S/C12H8Br2O2S/c13-9-1-3-11(8(5-9)6-15)16-7-10-2-4-12(14)17-10/h1-6H,7H2. The minimum Gasteiger partial charge on any atom is -0.487 e. The fraction of sp³-hybridized carbons (Fsp3) is 0.0833. The van der Waals surface area contributed by atoms with E-state index in [1.807, 2.05) is 18.2 Å². The normalized spacial score (nSPS) is 10.2. The fourth-order valence-electron chi connectivity index (χ4n) is 1.32. The number of ether oxygens (including phenoxy) is 1. The molecule has 0 N–H and O–H groups in total. The summed E-state index contributed by atoms with van der Waals surface area (Å²) in [7, 11) is 0. The first kappa shape index (κ1) is 12.8. The molecule has 0 atom stereocenters. The molecule has 0 bridgehead atoms. The van der Waals surface area contributed by atoms with E-state index >= 15 is 0 Å². The van der Waals surface area contributed by atoms with Gasteiger partial charge >= 0.3 is 0 Å². The molecule has 0 saturated heterocycles. The van der Waals surface area contributed by atoms with Gasteiger partial charge in [0.05, 0.1) is 9.35 Å². The van der Waals surface area contributed by atoms with Crippen LogP contribution in [0.25, 0.3) is 0 Å². The summed E-state index contributed by atoms with van der Waals surface area (Å²) in [6, 6.07) is 9.36. The van der Waals surface area contributed by atoms with E-state index < -0.39 is 0 Å². The molecule has 17 heavy (non-hydrogen) atoms. The van der Waals surface area contributed by atoms with Gasteiger partial charge in [-0.3, -0.25) is 4.79 Å². The van der Waals surface area contributed by atoms with Gasteiger partial charge in [-0.05, 0) is 46.3 Å². The van der Waals surface area contributed by atoms with Gasteiger partial charge in [-0.1, -0.05) is 15.9 Å². The molecular formula is C12H8Br2O2S. The quantitative estimate of drug-likeness (QED) is 0.726. The highest BCUT2D eigenvalue weighted by atomic mass is 79.9. The molecule has 0 aliphatic rings. The first-order valence-electron chi connectivity index (χ1n) is 4.81. The van der Waals surface area contributed by atoms with E-state index in [0.29, 0.717) is 17.9 Å². The monoisotopic (exact) mass is 374 g/mol. The second kappa shape index (κ2) is 5.80. The van der Waals surface area contributed by atoms with Crippen molar-refractivity contribution in [3.05, 3.63) is 49.0 Å². The van der Waals surface area contributed by atoms with Crippen LogP contribution in [0.3, 0.4) is 0 Å². The molecule has 2 nitrogen and oxygen atoms in total. The van der Waals surface area contributed by atoms with E-state index in [4.69, 9.17) is 4.74 Å². The molecule has 1 heterocycles. The number of halogens is 2. The summed E-state index contributed by atoms with van der Waals surface area (Å²) in [6.07, 6.45) is 0.796. The molecule has 0 radical (unpaired) electrons. The van der Waals surface area contributed by atoms with Crippen LogP contribution in [0, 0.1) is 0 Å². The van der Waals surface area contributed by atoms with Gasteiger partial charge in [0.15, 0.2) is 6.29 Å². The van der Waals surface area contributed by atoms with Crippen molar-refractivity contribution >= 4 is 49.5 Å². The summed E-state index contributed by atoms with van der Waals surface area (Å²) < 4.78 is 7.56. The van der Waals surface area contributed by atoms with Crippen LogP contribution in [0.15, 0.2) is 38.6 Å². The highest BCUT2D eigenvalue weighted by molar-refractivity contribution is 9.11. The van der Waals surface area contributed by atoms with Crippen molar-refractivity contribution in [3.8, 4) is 5.75 Å². The topological polar surface area (TPSA) is 26.3 Å². The van der Waals surface area contributed by atoms with Gasteiger partial charge in [-0.25, -0.2) is 0 Å². The zero-order chi connectivity index (χ0) is 12.3. The molecule has 0 spiro atoms. The van der Waals surface area contributed by atoms with E-state index in [-0.39, 0.29) is 0 Å². The van der Waals surface area contributed by atoms with Gasteiger partial charge in [0, 0.05) is 9.35 Å². The summed E-state index contributed by atoms with van der Waals surface area (Å²) in [5.41, 5.74) is 0.551. The van der Waals surface area contributed by atoms with Gasteiger partial charge in [0.2, 0.25) is 0 Å². The van der Waals surface area contributed by atoms with Crippen LogP contribution < -0.4 is 4.74 Å². The molecule has 0 unspecified atom stereocenters. The van der Waals surface area contributed by atoms with Crippen LogP contribution in [0.2, 0.25) is 0 Å². The van der Waals surface area contributed by atoms with Crippen LogP contribution >= 0.6 is 43.2 Å². The van der Waals surface area contributed by atoms with Crippen LogP contribution in [-0.2, 0) is 6.61 Å². The molecule has 0 amide bonds. The number of carbonyl (C=O) groups excluding carboxylic acids is 1. The van der Waals surface area contributed by atoms with Crippen molar-refractivity contribution in [3.63, 3.8) is 0 Å². The number of thiophene rings is 1. The lowest BCUT2D eigenvalue weighted by atomic mass is 10.2. The average molecular weight is 376 g/mol. The molecule has 0 saturated carbocycles. The lowest BCUT2D eigenvalue weighted by Crippen LogP contribution is -1.96. The Morgan fingerprint density at radius 1 is 1.24 bits per heavy atom. The number of carbonyl (C=O) groups is 1. The maximum atomic E-state index is 10.9. The zero-order valence-electron chi connectivity index (χ0n) is 8.65. The van der Waals surface area contributed by atoms with Crippen molar-refractivity contribution in [2.75, 3.05) is 0 Å². The van der Waals surface area contributed by atoms with Gasteiger partial charge in [-0.2, -0.15) is 0 Å². The molecule has 88 valence electrons. The smallest absolute Gasteiger partial charge is 0.153 e. The van der Waals surface area contributed by atoms with E-state index in [9.17, 15) is 4.79 Å². The Kier molecular flexibility index (Phi) is 4.36. The summed E-state index contributed by atoms with van der Waals surface area (Å²) in [6.45, 7) is 0.471. The lowest BCUT2D eigenvalue weighted by molar-refractivity contribution is 0.111. The predicted molar refractivity (Wildman–Crippen MR) is 75.9 cm³/mol. The molecule has 0 aliphatic heterocycles. The first-order chi connectivity index (χ1) is 8.19. The highest BCUT2D eigenvalue weighted by Gasteiger charge is 2.05. The third kappa shape index (κ3) is 3.40. The van der Waals surface area contributed by atoms with Gasteiger partial charge < -0.3 is 4.74 Å². The minimum atomic E-state index is 0.471. The Hall–Kier alpha value is -0.650. The Morgan fingerprint density at radius 3 is 2.71 bits per heavy atom. The zero-order valence-corrected chi connectivity index (χ0v) is 12.6.